The third kappa shape index (κ3) is 1.75. The lowest BCUT2D eigenvalue weighted by atomic mass is 10.2. The Morgan fingerprint density at radius 3 is 2.90 bits per heavy atom. The highest BCUT2D eigenvalue weighted by molar-refractivity contribution is 6.30. The third-order valence-corrected chi connectivity index (χ3v) is 3.61. The third-order valence-electron chi connectivity index (χ3n) is 3.38. The van der Waals surface area contributed by atoms with Crippen LogP contribution in [0.3, 0.4) is 0 Å². The largest absolute Gasteiger partial charge is 0.340 e. The molecule has 6 heteroatoms. The number of benzene rings is 1. The molecule has 0 aliphatic rings. The van der Waals surface area contributed by atoms with E-state index in [0.29, 0.717) is 27.4 Å². The monoisotopic (exact) mass is 296 g/mol. The first-order valence-electron chi connectivity index (χ1n) is 6.34. The van der Waals surface area contributed by atoms with Gasteiger partial charge in [0.25, 0.3) is 5.56 Å². The molecule has 1 aromatic carbocycles. The molecule has 0 aliphatic carbocycles. The van der Waals surface area contributed by atoms with Crippen LogP contribution in [0.5, 0.6) is 0 Å². The van der Waals surface area contributed by atoms with Gasteiger partial charge in [-0.15, -0.1) is 0 Å². The molecule has 1 N–H and O–H groups in total. The Hall–Kier alpha value is -2.66. The number of fused-ring (bicyclic) bond motifs is 3. The second-order valence-electron chi connectivity index (χ2n) is 4.62. The lowest BCUT2D eigenvalue weighted by molar-refractivity contribution is 1.03. The molecule has 0 atom stereocenters. The summed E-state index contributed by atoms with van der Waals surface area (Å²) < 4.78 is 1.54. The van der Waals surface area contributed by atoms with Crippen LogP contribution in [0.2, 0.25) is 5.02 Å². The maximum Gasteiger partial charge on any atom is 0.282 e. The minimum atomic E-state index is -0.198. The summed E-state index contributed by atoms with van der Waals surface area (Å²) in [5, 5.41) is 1.38. The molecule has 0 saturated heterocycles. The molecule has 0 spiro atoms. The van der Waals surface area contributed by atoms with Crippen molar-refractivity contribution in [3.05, 3.63) is 64.3 Å². The number of imidazole rings is 1. The lowest BCUT2D eigenvalue weighted by Crippen LogP contribution is -2.20. The minimum absolute atomic E-state index is 0.198. The molecule has 4 rings (SSSR count). The summed E-state index contributed by atoms with van der Waals surface area (Å²) in [4.78, 5) is 24.2. The van der Waals surface area contributed by atoms with Crippen LogP contribution in [0.15, 0.2) is 53.7 Å². The van der Waals surface area contributed by atoms with Crippen LogP contribution in [0.25, 0.3) is 27.8 Å². The van der Waals surface area contributed by atoms with Crippen molar-refractivity contribution in [1.29, 1.82) is 0 Å². The Bertz CT molecular complexity index is 1030. The van der Waals surface area contributed by atoms with Gasteiger partial charge in [-0.1, -0.05) is 17.7 Å². The number of nitrogens with zero attached hydrogens (tertiary/aromatic N) is 3. The lowest BCUT2D eigenvalue weighted by Gasteiger charge is -2.10. The predicted octanol–water partition coefficient (Wildman–Crippen LogP) is 2.92. The fraction of sp³-hybridized carbons (Fsp3) is 0. The second kappa shape index (κ2) is 4.43. The minimum Gasteiger partial charge on any atom is -0.340 e. The number of hydrogen-bond acceptors (Lipinski definition) is 3. The van der Waals surface area contributed by atoms with Crippen LogP contribution in [-0.4, -0.2) is 19.5 Å². The van der Waals surface area contributed by atoms with E-state index in [0.717, 1.165) is 5.39 Å². The molecule has 4 aromatic rings. The van der Waals surface area contributed by atoms with Crippen LogP contribution in [0.1, 0.15) is 0 Å². The molecule has 0 saturated carbocycles. The highest BCUT2D eigenvalue weighted by atomic mass is 35.5. The molecule has 5 nitrogen and oxygen atoms in total. The quantitative estimate of drug-likeness (QED) is 0.587. The number of pyridine rings is 2. The molecule has 0 bridgehead atoms. The summed E-state index contributed by atoms with van der Waals surface area (Å²) in [6, 6.07) is 10.8. The van der Waals surface area contributed by atoms with Crippen molar-refractivity contribution in [2.75, 3.05) is 0 Å². The Morgan fingerprint density at radius 1 is 1.14 bits per heavy atom. The summed E-state index contributed by atoms with van der Waals surface area (Å²) in [5.74, 6) is 0. The summed E-state index contributed by atoms with van der Waals surface area (Å²) in [7, 11) is 0. The van der Waals surface area contributed by atoms with E-state index in [1.807, 2.05) is 18.2 Å². The molecule has 102 valence electrons. The van der Waals surface area contributed by atoms with Gasteiger partial charge in [-0.05, 0) is 30.3 Å². The number of H-pyrrole nitrogens is 1. The second-order valence-corrected chi connectivity index (χ2v) is 5.06. The predicted molar refractivity (Wildman–Crippen MR) is 82.0 cm³/mol. The van der Waals surface area contributed by atoms with E-state index >= 15 is 0 Å². The Morgan fingerprint density at radius 2 is 2.05 bits per heavy atom. The van der Waals surface area contributed by atoms with Crippen LogP contribution in [-0.2, 0) is 0 Å². The Labute approximate surface area is 123 Å². The molecule has 21 heavy (non-hydrogen) atoms. The fourth-order valence-electron chi connectivity index (χ4n) is 2.48. The number of aromatic nitrogens is 4. The normalized spacial score (nSPS) is 11.3. The van der Waals surface area contributed by atoms with E-state index in [9.17, 15) is 4.79 Å². The van der Waals surface area contributed by atoms with Gasteiger partial charge in [0.2, 0.25) is 0 Å². The number of hydrogen-bond donors (Lipinski definition) is 1. The van der Waals surface area contributed by atoms with E-state index in [4.69, 9.17) is 11.6 Å². The van der Waals surface area contributed by atoms with Gasteiger partial charge in [-0.25, -0.2) is 9.97 Å². The molecule has 0 fully saturated rings. The topological polar surface area (TPSA) is 63.6 Å². The average molecular weight is 297 g/mol. The first kappa shape index (κ1) is 12.1. The molecule has 0 unspecified atom stereocenters. The Kier molecular flexibility index (Phi) is 2.55. The molecule has 3 heterocycles. The van der Waals surface area contributed by atoms with Crippen LogP contribution in [0, 0.1) is 0 Å². The van der Waals surface area contributed by atoms with Crippen molar-refractivity contribution in [2.24, 2.45) is 0 Å². The zero-order chi connectivity index (χ0) is 14.4. The van der Waals surface area contributed by atoms with E-state index in [1.54, 1.807) is 29.0 Å². The summed E-state index contributed by atoms with van der Waals surface area (Å²) in [6.45, 7) is 0. The zero-order valence-electron chi connectivity index (χ0n) is 10.7. The van der Waals surface area contributed by atoms with E-state index < -0.39 is 0 Å². The number of nitrogens with one attached hydrogen (secondary N) is 1. The SMILES string of the molecule is O=c1c2[nH]cnc2c2cccnc2n1-c1cccc(Cl)c1. The molecule has 0 amide bonds. The number of halogens is 1. The highest BCUT2D eigenvalue weighted by Crippen LogP contribution is 2.22. The van der Waals surface area contributed by atoms with Gasteiger partial charge in [-0.3, -0.25) is 9.36 Å². The zero-order valence-corrected chi connectivity index (χ0v) is 11.5. The van der Waals surface area contributed by atoms with E-state index in [-0.39, 0.29) is 5.56 Å². The molecule has 0 radical (unpaired) electrons. The maximum absolute atomic E-state index is 12.7. The van der Waals surface area contributed by atoms with Crippen molar-refractivity contribution < 1.29 is 0 Å². The van der Waals surface area contributed by atoms with Crippen molar-refractivity contribution in [1.82, 2.24) is 19.5 Å². The number of rotatable bonds is 1. The van der Waals surface area contributed by atoms with Gasteiger partial charge in [0.1, 0.15) is 16.7 Å². The fourth-order valence-corrected chi connectivity index (χ4v) is 2.67. The average Bonchev–Trinajstić information content (AvgIpc) is 2.98. The standard InChI is InChI=1S/C15H9ClN4O/c16-9-3-1-4-10(7-9)20-14-11(5-2-6-17-14)12-13(15(20)21)19-8-18-12/h1-8H,(H,18,19). The highest BCUT2D eigenvalue weighted by Gasteiger charge is 2.14. The first-order valence-corrected chi connectivity index (χ1v) is 6.72. The van der Waals surface area contributed by atoms with Crippen LogP contribution >= 0.6 is 11.6 Å². The van der Waals surface area contributed by atoms with Gasteiger partial charge < -0.3 is 4.98 Å². The Balaban J connectivity index is 2.25. The van der Waals surface area contributed by atoms with Crippen molar-refractivity contribution in [2.45, 2.75) is 0 Å². The van der Waals surface area contributed by atoms with Crippen molar-refractivity contribution in [3.63, 3.8) is 0 Å². The molecular weight excluding hydrogens is 288 g/mol. The number of aromatic amines is 1. The maximum atomic E-state index is 12.7. The van der Waals surface area contributed by atoms with Gasteiger partial charge in [-0.2, -0.15) is 0 Å². The van der Waals surface area contributed by atoms with Crippen LogP contribution in [0.4, 0.5) is 0 Å². The van der Waals surface area contributed by atoms with E-state index in [2.05, 4.69) is 15.0 Å². The smallest absolute Gasteiger partial charge is 0.282 e. The van der Waals surface area contributed by atoms with Gasteiger partial charge >= 0.3 is 0 Å². The van der Waals surface area contributed by atoms with Crippen molar-refractivity contribution >= 4 is 33.7 Å². The molecular formula is C15H9ClN4O. The molecule has 3 aromatic heterocycles. The van der Waals surface area contributed by atoms with Gasteiger partial charge in [0, 0.05) is 16.6 Å². The molecule has 0 aliphatic heterocycles. The van der Waals surface area contributed by atoms with Gasteiger partial charge in [0.05, 0.1) is 12.0 Å². The van der Waals surface area contributed by atoms with Crippen molar-refractivity contribution in [3.8, 4) is 5.69 Å². The first-order chi connectivity index (χ1) is 10.3. The van der Waals surface area contributed by atoms with Gasteiger partial charge in [0.15, 0.2) is 0 Å². The summed E-state index contributed by atoms with van der Waals surface area (Å²) in [6.07, 6.45) is 3.17. The van der Waals surface area contributed by atoms with Crippen LogP contribution < -0.4 is 5.56 Å². The summed E-state index contributed by atoms with van der Waals surface area (Å²) >= 11 is 6.04. The van der Waals surface area contributed by atoms with E-state index in [1.165, 1.54) is 6.33 Å². The summed E-state index contributed by atoms with van der Waals surface area (Å²) in [5.41, 5.74) is 2.12.